The molecule has 0 aliphatic carbocycles. The van der Waals surface area contributed by atoms with Crippen molar-refractivity contribution in [3.8, 4) is 0 Å². The maximum atomic E-state index is 17.3. The maximum Gasteiger partial charge on any atom is 0.198 e. The van der Waals surface area contributed by atoms with E-state index >= 15 is 105 Å². The quantitative estimate of drug-likeness (QED) is 0.0616. The van der Waals surface area contributed by atoms with E-state index in [0.29, 0.717) is 27.7 Å². The van der Waals surface area contributed by atoms with Gasteiger partial charge in [0, 0.05) is 0 Å². The molecule has 0 fully saturated rings. The molecule has 0 N–H and O–H groups in total. The van der Waals surface area contributed by atoms with Crippen molar-refractivity contribution in [1.82, 2.24) is 0 Å². The van der Waals surface area contributed by atoms with Gasteiger partial charge in [0.15, 0.2) is 140 Å². The molecule has 73 heavy (non-hydrogen) atoms. The van der Waals surface area contributed by atoms with Crippen LogP contribution in [0.15, 0.2) is 0 Å². The first-order valence-electron chi connectivity index (χ1n) is 20.9. The lowest BCUT2D eigenvalue weighted by atomic mass is 9.10. The van der Waals surface area contributed by atoms with Gasteiger partial charge in [-0.15, -0.1) is 0 Å². The van der Waals surface area contributed by atoms with Crippen LogP contribution in [0.3, 0.4) is 0 Å². The second kappa shape index (κ2) is 17.7. The molecule has 0 nitrogen and oxygen atoms in total. The Kier molecular flexibility index (Phi) is 12.7. The number of hydrogen-bond acceptors (Lipinski definition) is 0. The van der Waals surface area contributed by atoms with Gasteiger partial charge in [-0.25, -0.2) is 105 Å². The molecule has 0 saturated heterocycles. The summed E-state index contributed by atoms with van der Waals surface area (Å²) in [5.74, 6) is -73.0. The fourth-order valence-electron chi connectivity index (χ4n) is 10.6. The lowest BCUT2D eigenvalue weighted by Gasteiger charge is -2.51. The van der Waals surface area contributed by atoms with E-state index in [2.05, 4.69) is 0 Å². The lowest BCUT2D eigenvalue weighted by molar-refractivity contribution is 0.414. The van der Waals surface area contributed by atoms with Gasteiger partial charge in [-0.3, -0.25) is 0 Å². The van der Waals surface area contributed by atoms with Crippen LogP contribution in [0.1, 0.15) is 49.9 Å². The summed E-state index contributed by atoms with van der Waals surface area (Å²) >= 11 is 0. The molecule has 0 bridgehead atoms. The third-order valence-electron chi connectivity index (χ3n) is 13.3. The van der Waals surface area contributed by atoms with Crippen molar-refractivity contribution in [2.24, 2.45) is 0 Å². The molecule has 0 heterocycles. The van der Waals surface area contributed by atoms with Crippen LogP contribution in [-0.4, -0.2) is 6.15 Å². The zero-order chi connectivity index (χ0) is 54.4. The van der Waals surface area contributed by atoms with Gasteiger partial charge in [0.2, 0.25) is 0 Å². The van der Waals surface area contributed by atoms with Crippen LogP contribution in [0.4, 0.5) is 105 Å². The van der Waals surface area contributed by atoms with Crippen LogP contribution < -0.4 is 21.9 Å². The summed E-state index contributed by atoms with van der Waals surface area (Å²) < 4.78 is 396. The van der Waals surface area contributed by atoms with Gasteiger partial charge < -0.3 is 0 Å². The van der Waals surface area contributed by atoms with Crippen LogP contribution in [-0.2, 0) is 25.7 Å². The van der Waals surface area contributed by atoms with Gasteiger partial charge in [-0.05, 0) is 69.5 Å². The van der Waals surface area contributed by atoms with Crippen LogP contribution in [0.2, 0.25) is 0 Å². The summed E-state index contributed by atoms with van der Waals surface area (Å²) in [5.41, 5.74) is -17.7. The average Bonchev–Trinajstić information content (AvgIpc) is 3.36. The largest absolute Gasteiger partial charge is 0.204 e. The average molecular weight is 1060 g/mol. The van der Waals surface area contributed by atoms with E-state index in [4.69, 9.17) is 0 Å². The molecule has 384 valence electrons. The highest BCUT2D eigenvalue weighted by atomic mass is 19.2. The zero-order valence-electron chi connectivity index (χ0n) is 36.5. The smallest absolute Gasteiger partial charge is 0.198 e. The van der Waals surface area contributed by atoms with E-state index in [0.717, 1.165) is 0 Å². The Morgan fingerprint density at radius 3 is 0.438 bits per heavy atom. The van der Waals surface area contributed by atoms with Crippen molar-refractivity contribution in [1.29, 1.82) is 0 Å². The second-order valence-electron chi connectivity index (χ2n) is 16.4. The molecular weight excluding hydrogens is 1040 g/mol. The van der Waals surface area contributed by atoms with Gasteiger partial charge >= 0.3 is 0 Å². The molecule has 8 aromatic carbocycles. The Morgan fingerprint density at radius 1 is 0.178 bits per heavy atom. The molecule has 8 rings (SSSR count). The normalized spacial score (nSPS) is 12.3. The second-order valence-corrected chi connectivity index (χ2v) is 16.4. The Balaban J connectivity index is 2.12. The van der Waals surface area contributed by atoms with Crippen molar-refractivity contribution in [2.45, 2.75) is 53.4 Å². The fourth-order valence-corrected chi connectivity index (χ4v) is 10.6. The molecule has 0 aliphatic heterocycles. The molecule has 8 aromatic rings. The molecule has 0 unspecified atom stereocenters. The SMILES string of the molecule is CCc1c(F)c(F)c2c(F)c(F)c(F)c(F)c2c1[B-](c1c(CC)c(F)c(F)c2c(F)c(F)c(F)c(F)c12)(c1c(CC)c(F)c(F)c2c(F)c(F)c(F)c(F)c12)c1c(CC)c(F)c(F)c2c(F)c(F)c(F)c(F)c12. The standard InChI is InChI=1S/C48H20BF24/c1-5-9-21(13-17(33(58)25(9)50)37(62)45(70)41(66)29(13)54)49(22-10(6-2)26(51)34(59)18-14(22)30(55)42(67)46(71)38(18)63,23-11(7-3)27(52)35(60)19-15(23)31(56)43(68)47(72)39(19)64)24-12(8-4)28(53)36(61)20-16(24)32(57)44(69)48(73)40(20)65/h5-8H2,1-4H3/q-1. The minimum absolute atomic E-state index is 0.570. The van der Waals surface area contributed by atoms with E-state index in [1.54, 1.807) is 0 Å². The molecule has 0 amide bonds. The topological polar surface area (TPSA) is 0 Å². The van der Waals surface area contributed by atoms with Crippen LogP contribution in [0, 0.1) is 140 Å². The molecular formula is C48H20BF24-. The zero-order valence-corrected chi connectivity index (χ0v) is 36.5. The number of benzene rings is 8. The summed E-state index contributed by atoms with van der Waals surface area (Å²) in [4.78, 5) is 0. The molecule has 0 aromatic heterocycles. The Bertz CT molecular complexity index is 3350. The van der Waals surface area contributed by atoms with E-state index < -0.39 is 259 Å². The van der Waals surface area contributed by atoms with E-state index in [9.17, 15) is 0 Å². The van der Waals surface area contributed by atoms with Gasteiger partial charge in [0.1, 0.15) is 6.15 Å². The summed E-state index contributed by atoms with van der Waals surface area (Å²) in [6.45, 7) is 2.28. The first kappa shape index (κ1) is 52.5. The Hall–Kier alpha value is -6.82. The minimum Gasteiger partial charge on any atom is -0.204 e. The monoisotopic (exact) mass is 1060 g/mol. The highest BCUT2D eigenvalue weighted by Crippen LogP contribution is 2.43. The summed E-state index contributed by atoms with van der Waals surface area (Å²) in [6.07, 6.45) is -12.9. The minimum atomic E-state index is -6.58. The third-order valence-corrected chi connectivity index (χ3v) is 13.3. The summed E-state index contributed by atoms with van der Waals surface area (Å²) in [5, 5.41) is -20.8. The van der Waals surface area contributed by atoms with Gasteiger partial charge in [0.05, 0.1) is 21.5 Å². The highest BCUT2D eigenvalue weighted by Gasteiger charge is 2.50. The Morgan fingerprint density at radius 2 is 0.301 bits per heavy atom. The highest BCUT2D eigenvalue weighted by molar-refractivity contribution is 7.24. The first-order chi connectivity index (χ1) is 34.1. The van der Waals surface area contributed by atoms with Gasteiger partial charge in [0.25, 0.3) is 0 Å². The number of hydrogen-bond donors (Lipinski definition) is 0. The first-order valence-corrected chi connectivity index (χ1v) is 20.9. The van der Waals surface area contributed by atoms with Crippen molar-refractivity contribution in [3.63, 3.8) is 0 Å². The molecule has 0 atom stereocenters. The van der Waals surface area contributed by atoms with Gasteiger partial charge in [-0.2, -0.15) is 21.9 Å². The lowest BCUT2D eigenvalue weighted by Crippen LogP contribution is -2.78. The molecule has 0 aliphatic rings. The van der Waals surface area contributed by atoms with E-state index in [-0.39, 0.29) is 0 Å². The van der Waals surface area contributed by atoms with Crippen LogP contribution in [0.5, 0.6) is 0 Å². The molecule has 25 heteroatoms. The van der Waals surface area contributed by atoms with E-state index in [1.165, 1.54) is 0 Å². The van der Waals surface area contributed by atoms with Crippen molar-refractivity contribution >= 4 is 71.1 Å². The van der Waals surface area contributed by atoms with Gasteiger partial charge in [-0.1, -0.05) is 27.7 Å². The predicted octanol–water partition coefficient (Wildman–Crippen LogP) is 13.3. The van der Waals surface area contributed by atoms with Crippen LogP contribution in [0.25, 0.3) is 43.1 Å². The molecule has 0 saturated carbocycles. The number of rotatable bonds is 8. The molecule has 0 radical (unpaired) electrons. The number of halogens is 24. The molecule has 0 spiro atoms. The van der Waals surface area contributed by atoms with Crippen molar-refractivity contribution in [3.05, 3.63) is 162 Å². The van der Waals surface area contributed by atoms with Crippen molar-refractivity contribution < 1.29 is 105 Å². The third kappa shape index (κ3) is 6.43. The fraction of sp³-hybridized carbons (Fsp3) is 0.167. The number of fused-ring (bicyclic) bond motifs is 4. The van der Waals surface area contributed by atoms with Crippen molar-refractivity contribution in [2.75, 3.05) is 0 Å². The summed E-state index contributed by atoms with van der Waals surface area (Å²) in [6, 6.07) is 0. The maximum absolute atomic E-state index is 17.3. The Labute approximate surface area is 391 Å². The predicted molar refractivity (Wildman–Crippen MR) is 217 cm³/mol. The van der Waals surface area contributed by atoms with E-state index in [1.807, 2.05) is 0 Å². The van der Waals surface area contributed by atoms with Crippen LogP contribution >= 0.6 is 0 Å². The summed E-state index contributed by atoms with van der Waals surface area (Å²) in [7, 11) is 0.